The standard InChI is InChI=1S/C16H24N2/c1-2-12(9-11-7-8-11)18-16-10-15(17)13-5-3-4-6-14(13)16/h3-6,11-12,15-16,18H,2,7-10,17H2,1H3. The van der Waals surface area contributed by atoms with E-state index in [1.54, 1.807) is 0 Å². The third-order valence-electron chi connectivity index (χ3n) is 4.50. The molecule has 2 nitrogen and oxygen atoms in total. The molecular weight excluding hydrogens is 220 g/mol. The van der Waals surface area contributed by atoms with Crippen molar-refractivity contribution in [3.8, 4) is 0 Å². The van der Waals surface area contributed by atoms with Crippen molar-refractivity contribution in [1.82, 2.24) is 5.32 Å². The first-order valence-corrected chi connectivity index (χ1v) is 7.38. The Morgan fingerprint density at radius 3 is 2.67 bits per heavy atom. The number of hydrogen-bond donors (Lipinski definition) is 2. The van der Waals surface area contributed by atoms with Crippen LogP contribution in [0.1, 0.15) is 62.2 Å². The predicted molar refractivity (Wildman–Crippen MR) is 75.3 cm³/mol. The van der Waals surface area contributed by atoms with E-state index in [-0.39, 0.29) is 6.04 Å². The third-order valence-corrected chi connectivity index (χ3v) is 4.50. The summed E-state index contributed by atoms with van der Waals surface area (Å²) in [7, 11) is 0. The molecule has 0 spiro atoms. The van der Waals surface area contributed by atoms with Crippen LogP contribution >= 0.6 is 0 Å². The number of hydrogen-bond acceptors (Lipinski definition) is 2. The molecule has 2 aliphatic carbocycles. The molecule has 0 radical (unpaired) electrons. The van der Waals surface area contributed by atoms with E-state index in [1.807, 2.05) is 0 Å². The molecule has 0 saturated heterocycles. The molecule has 1 fully saturated rings. The maximum Gasteiger partial charge on any atom is 0.0344 e. The zero-order valence-corrected chi connectivity index (χ0v) is 11.2. The first-order chi connectivity index (χ1) is 8.78. The molecule has 0 amide bonds. The van der Waals surface area contributed by atoms with Crippen molar-refractivity contribution in [2.45, 2.75) is 57.2 Å². The topological polar surface area (TPSA) is 38.0 Å². The monoisotopic (exact) mass is 244 g/mol. The Bertz CT molecular complexity index is 411. The van der Waals surface area contributed by atoms with Gasteiger partial charge in [0.05, 0.1) is 0 Å². The van der Waals surface area contributed by atoms with Gasteiger partial charge >= 0.3 is 0 Å². The van der Waals surface area contributed by atoms with Crippen LogP contribution in [-0.4, -0.2) is 6.04 Å². The van der Waals surface area contributed by atoms with Crippen LogP contribution in [0.4, 0.5) is 0 Å². The summed E-state index contributed by atoms with van der Waals surface area (Å²) >= 11 is 0. The molecular formula is C16H24N2. The second kappa shape index (κ2) is 5.02. The molecule has 2 aliphatic rings. The lowest BCUT2D eigenvalue weighted by atomic mass is 10.0. The fourth-order valence-corrected chi connectivity index (χ4v) is 3.22. The van der Waals surface area contributed by atoms with Crippen molar-refractivity contribution in [3.05, 3.63) is 35.4 Å². The predicted octanol–water partition coefficient (Wildman–Crippen LogP) is 3.30. The summed E-state index contributed by atoms with van der Waals surface area (Å²) in [6.07, 6.45) is 6.52. The molecule has 0 aliphatic heterocycles. The Labute approximate surface area is 110 Å². The van der Waals surface area contributed by atoms with Gasteiger partial charge in [0, 0.05) is 18.1 Å². The lowest BCUT2D eigenvalue weighted by molar-refractivity contribution is 0.379. The zero-order valence-electron chi connectivity index (χ0n) is 11.2. The van der Waals surface area contributed by atoms with Crippen LogP contribution < -0.4 is 11.1 Å². The second-order valence-corrected chi connectivity index (χ2v) is 5.97. The van der Waals surface area contributed by atoms with Crippen molar-refractivity contribution >= 4 is 0 Å². The number of benzene rings is 1. The van der Waals surface area contributed by atoms with Gasteiger partial charge < -0.3 is 11.1 Å². The van der Waals surface area contributed by atoms with Gasteiger partial charge in [-0.15, -0.1) is 0 Å². The Balaban J connectivity index is 1.69. The van der Waals surface area contributed by atoms with Gasteiger partial charge in [0.2, 0.25) is 0 Å². The van der Waals surface area contributed by atoms with E-state index in [0.29, 0.717) is 12.1 Å². The molecule has 3 unspecified atom stereocenters. The minimum atomic E-state index is 0.220. The number of rotatable bonds is 5. The molecule has 0 aromatic heterocycles. The van der Waals surface area contributed by atoms with Crippen molar-refractivity contribution in [1.29, 1.82) is 0 Å². The highest BCUT2D eigenvalue weighted by Crippen LogP contribution is 2.39. The first-order valence-electron chi connectivity index (χ1n) is 7.38. The number of nitrogens with one attached hydrogen (secondary N) is 1. The van der Waals surface area contributed by atoms with Crippen molar-refractivity contribution in [3.63, 3.8) is 0 Å². The van der Waals surface area contributed by atoms with Gasteiger partial charge in [-0.2, -0.15) is 0 Å². The first kappa shape index (κ1) is 12.2. The Hall–Kier alpha value is -0.860. The van der Waals surface area contributed by atoms with E-state index in [4.69, 9.17) is 5.73 Å². The van der Waals surface area contributed by atoms with Crippen LogP contribution in [0.2, 0.25) is 0 Å². The van der Waals surface area contributed by atoms with Crippen LogP contribution in [0.25, 0.3) is 0 Å². The normalized spacial score (nSPS) is 28.1. The van der Waals surface area contributed by atoms with Gasteiger partial charge in [-0.05, 0) is 36.3 Å². The van der Waals surface area contributed by atoms with Gasteiger partial charge in [0.25, 0.3) is 0 Å². The molecule has 1 saturated carbocycles. The highest BCUT2D eigenvalue weighted by molar-refractivity contribution is 5.37. The van der Waals surface area contributed by atoms with Gasteiger partial charge in [-0.25, -0.2) is 0 Å². The van der Waals surface area contributed by atoms with Crippen LogP contribution in [-0.2, 0) is 0 Å². The smallest absolute Gasteiger partial charge is 0.0344 e. The van der Waals surface area contributed by atoms with Crippen molar-refractivity contribution < 1.29 is 0 Å². The van der Waals surface area contributed by atoms with Gasteiger partial charge in [-0.1, -0.05) is 44.0 Å². The van der Waals surface area contributed by atoms with Gasteiger partial charge in [0.1, 0.15) is 0 Å². The largest absolute Gasteiger partial charge is 0.324 e. The molecule has 3 rings (SSSR count). The molecule has 18 heavy (non-hydrogen) atoms. The van der Waals surface area contributed by atoms with Crippen LogP contribution in [0.5, 0.6) is 0 Å². The van der Waals surface area contributed by atoms with Gasteiger partial charge in [-0.3, -0.25) is 0 Å². The van der Waals surface area contributed by atoms with Crippen LogP contribution in [0.3, 0.4) is 0 Å². The van der Waals surface area contributed by atoms with Gasteiger partial charge in [0.15, 0.2) is 0 Å². The number of fused-ring (bicyclic) bond motifs is 1. The summed E-state index contributed by atoms with van der Waals surface area (Å²) in [6, 6.07) is 10.0. The minimum Gasteiger partial charge on any atom is -0.324 e. The molecule has 1 aromatic rings. The molecule has 98 valence electrons. The summed E-state index contributed by atoms with van der Waals surface area (Å²) < 4.78 is 0. The SMILES string of the molecule is CCC(CC1CC1)NC1CC(N)c2ccccc21. The summed E-state index contributed by atoms with van der Waals surface area (Å²) in [6.45, 7) is 2.29. The fraction of sp³-hybridized carbons (Fsp3) is 0.625. The molecule has 3 atom stereocenters. The third kappa shape index (κ3) is 2.45. The summed E-state index contributed by atoms with van der Waals surface area (Å²) in [5.74, 6) is 0.993. The molecule has 0 heterocycles. The Kier molecular flexibility index (Phi) is 3.40. The highest BCUT2D eigenvalue weighted by atomic mass is 15.0. The Morgan fingerprint density at radius 2 is 2.00 bits per heavy atom. The van der Waals surface area contributed by atoms with Crippen LogP contribution in [0, 0.1) is 5.92 Å². The Morgan fingerprint density at radius 1 is 1.28 bits per heavy atom. The highest BCUT2D eigenvalue weighted by Gasteiger charge is 2.31. The van der Waals surface area contributed by atoms with Crippen molar-refractivity contribution in [2.24, 2.45) is 11.7 Å². The minimum absolute atomic E-state index is 0.220. The van der Waals surface area contributed by atoms with Crippen molar-refractivity contribution in [2.75, 3.05) is 0 Å². The summed E-state index contributed by atoms with van der Waals surface area (Å²) in [5, 5.41) is 3.84. The van der Waals surface area contributed by atoms with E-state index in [1.165, 1.54) is 36.8 Å². The molecule has 3 N–H and O–H groups in total. The van der Waals surface area contributed by atoms with E-state index >= 15 is 0 Å². The maximum absolute atomic E-state index is 6.23. The second-order valence-electron chi connectivity index (χ2n) is 5.97. The lowest BCUT2D eigenvalue weighted by Gasteiger charge is -2.22. The zero-order chi connectivity index (χ0) is 12.5. The number of nitrogens with two attached hydrogens (primary N) is 1. The quantitative estimate of drug-likeness (QED) is 0.834. The fourth-order valence-electron chi connectivity index (χ4n) is 3.22. The average molecular weight is 244 g/mol. The van der Waals surface area contributed by atoms with E-state index in [2.05, 4.69) is 36.5 Å². The molecule has 0 bridgehead atoms. The summed E-state index contributed by atoms with van der Waals surface area (Å²) in [5.41, 5.74) is 9.00. The molecule has 2 heteroatoms. The lowest BCUT2D eigenvalue weighted by Crippen LogP contribution is -2.32. The maximum atomic E-state index is 6.23. The van der Waals surface area contributed by atoms with E-state index in [9.17, 15) is 0 Å². The summed E-state index contributed by atoms with van der Waals surface area (Å²) in [4.78, 5) is 0. The molecule has 1 aromatic carbocycles. The van der Waals surface area contributed by atoms with E-state index < -0.39 is 0 Å². The van der Waals surface area contributed by atoms with Crippen LogP contribution in [0.15, 0.2) is 24.3 Å². The van der Waals surface area contributed by atoms with E-state index in [0.717, 1.165) is 12.3 Å². The average Bonchev–Trinajstić information content (AvgIpc) is 3.15.